The maximum absolute atomic E-state index is 6.19. The molecule has 0 bridgehead atoms. The zero-order chi connectivity index (χ0) is 11.0. The highest BCUT2D eigenvalue weighted by Gasteiger charge is 2.43. The van der Waals surface area contributed by atoms with E-state index in [1.165, 1.54) is 11.3 Å². The maximum atomic E-state index is 6.19. The molecule has 0 unspecified atom stereocenters. The van der Waals surface area contributed by atoms with Crippen molar-refractivity contribution in [2.45, 2.75) is 33.4 Å². The normalized spacial score (nSPS) is 13.6. The Hall–Kier alpha value is -0.450. The van der Waals surface area contributed by atoms with Crippen LogP contribution in [-0.2, 0) is 5.66 Å². The summed E-state index contributed by atoms with van der Waals surface area (Å²) in [6, 6.07) is 0. The summed E-state index contributed by atoms with van der Waals surface area (Å²) in [4.78, 5) is 4.21. The molecule has 0 amide bonds. The average Bonchev–Trinajstić information content (AvgIpc) is 2.55. The highest BCUT2D eigenvalue weighted by atomic mass is 32.1. The molecule has 0 radical (unpaired) electrons. The van der Waals surface area contributed by atoms with Crippen LogP contribution in [-0.4, -0.2) is 4.98 Å². The number of thiazole rings is 1. The van der Waals surface area contributed by atoms with Crippen LogP contribution in [0.5, 0.6) is 0 Å². The van der Waals surface area contributed by atoms with Gasteiger partial charge in [-0.3, -0.25) is 0 Å². The number of rotatable bonds is 3. The first kappa shape index (κ1) is 11.6. The lowest BCUT2D eigenvalue weighted by molar-refractivity contribution is 0.105. The van der Waals surface area contributed by atoms with Crippen LogP contribution in [0.1, 0.15) is 32.7 Å². The fraction of sp³-hybridized carbons (Fsp3) is 0.700. The highest BCUT2D eigenvalue weighted by Crippen LogP contribution is 2.40. The van der Waals surface area contributed by atoms with Gasteiger partial charge in [-0.25, -0.2) is 4.98 Å². The first-order valence-corrected chi connectivity index (χ1v) is 5.66. The molecule has 80 valence electrons. The van der Waals surface area contributed by atoms with E-state index < -0.39 is 5.66 Å². The van der Waals surface area contributed by atoms with Gasteiger partial charge in [0.15, 0.2) is 0 Å². The summed E-state index contributed by atoms with van der Waals surface area (Å²) in [5.74, 6) is 0.404. The van der Waals surface area contributed by atoms with E-state index in [1.54, 1.807) is 6.20 Å². The lowest BCUT2D eigenvalue weighted by Gasteiger charge is -2.42. The van der Waals surface area contributed by atoms with Gasteiger partial charge in [-0.2, -0.15) is 0 Å². The van der Waals surface area contributed by atoms with Crippen molar-refractivity contribution in [1.29, 1.82) is 0 Å². The Morgan fingerprint density at radius 3 is 2.29 bits per heavy atom. The van der Waals surface area contributed by atoms with Crippen molar-refractivity contribution in [1.82, 2.24) is 4.98 Å². The van der Waals surface area contributed by atoms with Gasteiger partial charge in [-0.05, 0) is 5.92 Å². The van der Waals surface area contributed by atoms with Crippen molar-refractivity contribution in [3.05, 3.63) is 16.6 Å². The molecule has 0 atom stereocenters. The summed E-state index contributed by atoms with van der Waals surface area (Å²) in [6.45, 7) is 8.42. The molecule has 1 heterocycles. The molecular formula is C10H19N3S. The average molecular weight is 213 g/mol. The Morgan fingerprint density at radius 2 is 1.93 bits per heavy atom. The first-order valence-electron chi connectivity index (χ1n) is 4.78. The SMILES string of the molecule is CC(C)C(C)(C)C(N)(N)c1nccs1. The van der Waals surface area contributed by atoms with Gasteiger partial charge in [0.05, 0.1) is 0 Å². The van der Waals surface area contributed by atoms with Crippen molar-refractivity contribution in [3.63, 3.8) is 0 Å². The second-order valence-corrected chi connectivity index (χ2v) is 5.48. The zero-order valence-electron chi connectivity index (χ0n) is 9.24. The third kappa shape index (κ3) is 1.69. The smallest absolute Gasteiger partial charge is 0.128 e. The summed E-state index contributed by atoms with van der Waals surface area (Å²) in [7, 11) is 0. The summed E-state index contributed by atoms with van der Waals surface area (Å²) >= 11 is 1.51. The zero-order valence-corrected chi connectivity index (χ0v) is 10.1. The van der Waals surface area contributed by atoms with Gasteiger partial charge in [-0.1, -0.05) is 27.7 Å². The van der Waals surface area contributed by atoms with Crippen LogP contribution >= 0.6 is 11.3 Å². The second kappa shape index (κ2) is 3.61. The Balaban J connectivity index is 3.07. The standard InChI is InChI=1S/C10H19N3S/c1-7(2)9(3,4)10(11,12)8-13-5-6-14-8/h5-7H,11-12H2,1-4H3. The highest BCUT2D eigenvalue weighted by molar-refractivity contribution is 7.09. The maximum Gasteiger partial charge on any atom is 0.128 e. The minimum absolute atomic E-state index is 0.176. The molecule has 0 aliphatic heterocycles. The molecule has 1 aromatic heterocycles. The van der Waals surface area contributed by atoms with Crippen LogP contribution in [0.15, 0.2) is 11.6 Å². The van der Waals surface area contributed by atoms with Gasteiger partial charge in [-0.15, -0.1) is 11.3 Å². The molecule has 0 aliphatic carbocycles. The van der Waals surface area contributed by atoms with Gasteiger partial charge in [0.2, 0.25) is 0 Å². The van der Waals surface area contributed by atoms with Crippen molar-refractivity contribution in [2.24, 2.45) is 22.8 Å². The second-order valence-electron chi connectivity index (χ2n) is 4.58. The predicted octanol–water partition coefficient (Wildman–Crippen LogP) is 1.90. The van der Waals surface area contributed by atoms with E-state index in [9.17, 15) is 0 Å². The molecule has 4 heteroatoms. The van der Waals surface area contributed by atoms with Crippen molar-refractivity contribution in [3.8, 4) is 0 Å². The number of hydrogen-bond donors (Lipinski definition) is 2. The van der Waals surface area contributed by atoms with Crippen LogP contribution in [0.3, 0.4) is 0 Å². The number of nitrogens with two attached hydrogens (primary N) is 2. The molecule has 14 heavy (non-hydrogen) atoms. The van der Waals surface area contributed by atoms with E-state index in [4.69, 9.17) is 11.5 Å². The molecule has 0 fully saturated rings. The molecule has 0 spiro atoms. The topological polar surface area (TPSA) is 64.9 Å². The van der Waals surface area contributed by atoms with E-state index in [0.29, 0.717) is 5.92 Å². The Kier molecular flexibility index (Phi) is 2.99. The fourth-order valence-corrected chi connectivity index (χ4v) is 2.01. The minimum atomic E-state index is -0.852. The van der Waals surface area contributed by atoms with Crippen LogP contribution < -0.4 is 11.5 Å². The van der Waals surface area contributed by atoms with E-state index >= 15 is 0 Å². The van der Waals surface area contributed by atoms with Crippen molar-refractivity contribution >= 4 is 11.3 Å². The molecule has 1 rings (SSSR count). The molecule has 0 saturated carbocycles. The molecule has 0 aliphatic rings. The molecule has 0 aromatic carbocycles. The predicted molar refractivity (Wildman–Crippen MR) is 60.8 cm³/mol. The Labute approximate surface area is 89.5 Å². The molecule has 4 N–H and O–H groups in total. The first-order chi connectivity index (χ1) is 6.30. The Morgan fingerprint density at radius 1 is 1.36 bits per heavy atom. The monoisotopic (exact) mass is 213 g/mol. The van der Waals surface area contributed by atoms with Gasteiger partial charge in [0.25, 0.3) is 0 Å². The lowest BCUT2D eigenvalue weighted by Crippen LogP contribution is -2.59. The molecular weight excluding hydrogens is 194 g/mol. The van der Waals surface area contributed by atoms with Gasteiger partial charge < -0.3 is 11.5 Å². The van der Waals surface area contributed by atoms with Gasteiger partial charge in [0, 0.05) is 17.0 Å². The quantitative estimate of drug-likeness (QED) is 0.754. The van der Waals surface area contributed by atoms with Crippen LogP contribution in [0.25, 0.3) is 0 Å². The summed E-state index contributed by atoms with van der Waals surface area (Å²) in [6.07, 6.45) is 1.74. The van der Waals surface area contributed by atoms with Crippen LogP contribution in [0.2, 0.25) is 0 Å². The third-order valence-electron chi connectivity index (χ3n) is 3.30. The minimum Gasteiger partial charge on any atom is -0.307 e. The third-order valence-corrected chi connectivity index (χ3v) is 4.22. The van der Waals surface area contributed by atoms with Crippen LogP contribution in [0, 0.1) is 11.3 Å². The van der Waals surface area contributed by atoms with E-state index in [-0.39, 0.29) is 5.41 Å². The van der Waals surface area contributed by atoms with Crippen LogP contribution in [0.4, 0.5) is 0 Å². The van der Waals surface area contributed by atoms with Gasteiger partial charge >= 0.3 is 0 Å². The number of nitrogens with zero attached hydrogens (tertiary/aromatic N) is 1. The van der Waals surface area contributed by atoms with Gasteiger partial charge in [0.1, 0.15) is 10.7 Å². The number of aromatic nitrogens is 1. The lowest BCUT2D eigenvalue weighted by atomic mass is 9.71. The van der Waals surface area contributed by atoms with E-state index in [2.05, 4.69) is 32.7 Å². The summed E-state index contributed by atoms with van der Waals surface area (Å²) in [5, 5.41) is 2.71. The summed E-state index contributed by atoms with van der Waals surface area (Å²) < 4.78 is 0. The fourth-order valence-electron chi connectivity index (χ4n) is 1.18. The largest absolute Gasteiger partial charge is 0.307 e. The molecule has 0 saturated heterocycles. The summed E-state index contributed by atoms with van der Waals surface area (Å²) in [5.41, 5.74) is 11.3. The van der Waals surface area contributed by atoms with E-state index in [1.807, 2.05) is 5.38 Å². The molecule has 1 aromatic rings. The molecule has 3 nitrogen and oxygen atoms in total. The van der Waals surface area contributed by atoms with Crippen molar-refractivity contribution in [2.75, 3.05) is 0 Å². The number of hydrogen-bond acceptors (Lipinski definition) is 4. The van der Waals surface area contributed by atoms with Crippen molar-refractivity contribution < 1.29 is 0 Å². The van der Waals surface area contributed by atoms with E-state index in [0.717, 1.165) is 5.01 Å². The Bertz CT molecular complexity index is 288.